The second-order valence-corrected chi connectivity index (χ2v) is 8.35. The standard InChI is InChI=1S/C22H32FN3O2/c1-15(17-8-5-11-24-14-17)12-21(27)25-18-9-10-19(23)20(13-18)26-22(28)16-6-3-2-4-7-16/h9-10,13,15-17,24H,2-8,11-12,14H2,1H3,(H,25,27)(H,26,28). The fraction of sp³-hybridized carbons (Fsp3) is 0.636. The van der Waals surface area contributed by atoms with Crippen LogP contribution in [0.15, 0.2) is 18.2 Å². The van der Waals surface area contributed by atoms with Crippen LogP contribution >= 0.6 is 0 Å². The van der Waals surface area contributed by atoms with Gasteiger partial charge in [0.1, 0.15) is 5.82 Å². The maximum absolute atomic E-state index is 14.2. The van der Waals surface area contributed by atoms with Gasteiger partial charge in [0.2, 0.25) is 11.8 Å². The second-order valence-electron chi connectivity index (χ2n) is 8.35. The molecule has 2 unspecified atom stereocenters. The minimum atomic E-state index is -0.483. The van der Waals surface area contributed by atoms with Crippen molar-refractivity contribution in [1.82, 2.24) is 5.32 Å². The summed E-state index contributed by atoms with van der Waals surface area (Å²) in [5.41, 5.74) is 0.650. The Morgan fingerprint density at radius 1 is 1.14 bits per heavy atom. The van der Waals surface area contributed by atoms with Crippen molar-refractivity contribution in [3.63, 3.8) is 0 Å². The molecule has 3 rings (SSSR count). The summed E-state index contributed by atoms with van der Waals surface area (Å²) in [6.07, 6.45) is 7.71. The van der Waals surface area contributed by atoms with Gasteiger partial charge >= 0.3 is 0 Å². The van der Waals surface area contributed by atoms with Crippen LogP contribution in [-0.2, 0) is 9.59 Å². The number of anilines is 2. The van der Waals surface area contributed by atoms with Crippen LogP contribution in [0.5, 0.6) is 0 Å². The minimum Gasteiger partial charge on any atom is -0.326 e. The molecule has 1 aromatic carbocycles. The summed E-state index contributed by atoms with van der Waals surface area (Å²) in [7, 11) is 0. The number of hydrogen-bond donors (Lipinski definition) is 3. The lowest BCUT2D eigenvalue weighted by molar-refractivity contribution is -0.120. The van der Waals surface area contributed by atoms with Crippen LogP contribution in [0.2, 0.25) is 0 Å². The third-order valence-electron chi connectivity index (χ3n) is 6.13. The molecule has 1 saturated heterocycles. The molecule has 6 heteroatoms. The molecule has 1 aromatic rings. The Morgan fingerprint density at radius 3 is 2.64 bits per heavy atom. The Hall–Kier alpha value is -1.95. The number of carbonyl (C=O) groups is 2. The van der Waals surface area contributed by atoms with Crippen molar-refractivity contribution in [2.24, 2.45) is 17.8 Å². The second kappa shape index (κ2) is 10.0. The van der Waals surface area contributed by atoms with E-state index in [1.165, 1.54) is 18.2 Å². The van der Waals surface area contributed by atoms with E-state index in [0.29, 0.717) is 23.9 Å². The van der Waals surface area contributed by atoms with Gasteiger partial charge in [0.25, 0.3) is 0 Å². The average Bonchev–Trinajstić information content (AvgIpc) is 2.71. The topological polar surface area (TPSA) is 70.2 Å². The van der Waals surface area contributed by atoms with Gasteiger partial charge in [0.05, 0.1) is 5.69 Å². The Balaban J connectivity index is 1.55. The molecular formula is C22H32FN3O2. The Morgan fingerprint density at radius 2 is 1.93 bits per heavy atom. The number of amides is 2. The van der Waals surface area contributed by atoms with Gasteiger partial charge < -0.3 is 16.0 Å². The predicted octanol–water partition coefficient (Wildman–Crippen LogP) is 4.31. The minimum absolute atomic E-state index is 0.0450. The third kappa shape index (κ3) is 5.77. The van der Waals surface area contributed by atoms with Crippen molar-refractivity contribution in [3.05, 3.63) is 24.0 Å². The molecule has 1 heterocycles. The summed E-state index contributed by atoms with van der Waals surface area (Å²) >= 11 is 0. The number of benzene rings is 1. The first-order chi connectivity index (χ1) is 13.5. The van der Waals surface area contributed by atoms with Crippen molar-refractivity contribution in [2.45, 2.75) is 58.3 Å². The van der Waals surface area contributed by atoms with Crippen molar-refractivity contribution in [1.29, 1.82) is 0 Å². The van der Waals surface area contributed by atoms with Gasteiger partial charge in [-0.25, -0.2) is 4.39 Å². The monoisotopic (exact) mass is 389 g/mol. The van der Waals surface area contributed by atoms with Crippen LogP contribution in [0.1, 0.15) is 58.3 Å². The van der Waals surface area contributed by atoms with E-state index in [4.69, 9.17) is 0 Å². The average molecular weight is 390 g/mol. The first-order valence-corrected chi connectivity index (χ1v) is 10.6. The number of carbonyl (C=O) groups excluding carboxylic acids is 2. The highest BCUT2D eigenvalue weighted by Gasteiger charge is 2.23. The Labute approximate surface area is 166 Å². The predicted molar refractivity (Wildman–Crippen MR) is 110 cm³/mol. The van der Waals surface area contributed by atoms with Gasteiger partial charge in [-0.05, 0) is 68.8 Å². The van der Waals surface area contributed by atoms with E-state index in [1.807, 2.05) is 0 Å². The zero-order valence-corrected chi connectivity index (χ0v) is 16.7. The molecule has 1 saturated carbocycles. The molecule has 0 aromatic heterocycles. The zero-order valence-electron chi connectivity index (χ0n) is 16.7. The first-order valence-electron chi connectivity index (χ1n) is 10.6. The van der Waals surface area contributed by atoms with E-state index in [2.05, 4.69) is 22.9 Å². The number of rotatable bonds is 6. The van der Waals surface area contributed by atoms with E-state index in [0.717, 1.165) is 58.0 Å². The van der Waals surface area contributed by atoms with E-state index >= 15 is 0 Å². The molecule has 1 aliphatic heterocycles. The number of halogens is 1. The van der Waals surface area contributed by atoms with Crippen LogP contribution in [0.3, 0.4) is 0 Å². The van der Waals surface area contributed by atoms with Gasteiger partial charge in [-0.1, -0.05) is 26.2 Å². The summed E-state index contributed by atoms with van der Waals surface area (Å²) in [4.78, 5) is 24.8. The van der Waals surface area contributed by atoms with Gasteiger partial charge in [0, 0.05) is 18.0 Å². The van der Waals surface area contributed by atoms with E-state index in [1.54, 1.807) is 0 Å². The lowest BCUT2D eigenvalue weighted by Gasteiger charge is -2.28. The molecule has 5 nitrogen and oxygen atoms in total. The zero-order chi connectivity index (χ0) is 19.9. The molecule has 154 valence electrons. The maximum Gasteiger partial charge on any atom is 0.227 e. The smallest absolute Gasteiger partial charge is 0.227 e. The van der Waals surface area contributed by atoms with Crippen molar-refractivity contribution in [3.8, 4) is 0 Å². The summed E-state index contributed by atoms with van der Waals surface area (Å²) in [6, 6.07) is 4.34. The maximum atomic E-state index is 14.2. The molecular weight excluding hydrogens is 357 g/mol. The van der Waals surface area contributed by atoms with Gasteiger partial charge in [-0.2, -0.15) is 0 Å². The fourth-order valence-corrected chi connectivity index (χ4v) is 4.33. The van der Waals surface area contributed by atoms with E-state index < -0.39 is 5.82 Å². The lowest BCUT2D eigenvalue weighted by Crippen LogP contribution is -2.34. The van der Waals surface area contributed by atoms with Crippen LogP contribution in [0.25, 0.3) is 0 Å². The molecule has 2 atom stereocenters. The van der Waals surface area contributed by atoms with E-state index in [-0.39, 0.29) is 23.4 Å². The van der Waals surface area contributed by atoms with Gasteiger partial charge in [0.15, 0.2) is 0 Å². The molecule has 2 fully saturated rings. The molecule has 1 aliphatic carbocycles. The van der Waals surface area contributed by atoms with Crippen LogP contribution in [0.4, 0.5) is 15.8 Å². The molecule has 0 radical (unpaired) electrons. The fourth-order valence-electron chi connectivity index (χ4n) is 4.33. The number of nitrogens with one attached hydrogen (secondary N) is 3. The Bertz CT molecular complexity index is 682. The molecule has 2 aliphatic rings. The lowest BCUT2D eigenvalue weighted by atomic mass is 9.85. The van der Waals surface area contributed by atoms with Crippen molar-refractivity contribution < 1.29 is 14.0 Å². The van der Waals surface area contributed by atoms with Crippen LogP contribution < -0.4 is 16.0 Å². The quantitative estimate of drug-likeness (QED) is 0.679. The summed E-state index contributed by atoms with van der Waals surface area (Å²) in [5, 5.41) is 8.95. The highest BCUT2D eigenvalue weighted by atomic mass is 19.1. The Kier molecular flexibility index (Phi) is 7.43. The van der Waals surface area contributed by atoms with Crippen LogP contribution in [0, 0.1) is 23.6 Å². The van der Waals surface area contributed by atoms with Crippen molar-refractivity contribution in [2.75, 3.05) is 23.7 Å². The SMILES string of the molecule is CC(CC(=O)Nc1ccc(F)c(NC(=O)C2CCCCC2)c1)C1CCCNC1. The largest absolute Gasteiger partial charge is 0.326 e. The number of hydrogen-bond acceptors (Lipinski definition) is 3. The molecule has 2 amide bonds. The first kappa shape index (κ1) is 20.8. The van der Waals surface area contributed by atoms with Crippen molar-refractivity contribution >= 4 is 23.2 Å². The summed E-state index contributed by atoms with van der Waals surface area (Å²) in [6.45, 7) is 4.13. The molecule has 28 heavy (non-hydrogen) atoms. The van der Waals surface area contributed by atoms with Gasteiger partial charge in [-0.15, -0.1) is 0 Å². The normalized spacial score (nSPS) is 21.7. The molecule has 3 N–H and O–H groups in total. The summed E-state index contributed by atoms with van der Waals surface area (Å²) < 4.78 is 14.2. The van der Waals surface area contributed by atoms with Gasteiger partial charge in [-0.3, -0.25) is 9.59 Å². The molecule has 0 bridgehead atoms. The highest BCUT2D eigenvalue weighted by Crippen LogP contribution is 2.27. The highest BCUT2D eigenvalue weighted by molar-refractivity contribution is 5.95. The number of piperidine rings is 1. The van der Waals surface area contributed by atoms with E-state index in [9.17, 15) is 14.0 Å². The third-order valence-corrected chi connectivity index (χ3v) is 6.13. The van der Waals surface area contributed by atoms with Crippen LogP contribution in [-0.4, -0.2) is 24.9 Å². The summed E-state index contributed by atoms with van der Waals surface area (Å²) in [5.74, 6) is 0.0756. The molecule has 0 spiro atoms.